The van der Waals surface area contributed by atoms with E-state index in [2.05, 4.69) is 10.6 Å². The van der Waals surface area contributed by atoms with E-state index in [0.29, 0.717) is 52.4 Å². The van der Waals surface area contributed by atoms with Crippen LogP contribution in [-0.4, -0.2) is 427 Å². The lowest BCUT2D eigenvalue weighted by Gasteiger charge is -2.55. The molecule has 0 bridgehead atoms. The summed E-state index contributed by atoms with van der Waals surface area (Å²) in [6.07, 6.45) is 0.801. The van der Waals surface area contributed by atoms with Crippen LogP contribution in [0.2, 0.25) is 25.3 Å². The molecular weight excluding hydrogens is 2000 g/mol. The van der Waals surface area contributed by atoms with Crippen molar-refractivity contribution in [1.82, 2.24) is 45.1 Å². The van der Waals surface area contributed by atoms with Crippen molar-refractivity contribution >= 4 is 165 Å². The van der Waals surface area contributed by atoms with E-state index in [-0.39, 0.29) is 146 Å². The molecule has 8 atom stereocenters. The quantitative estimate of drug-likeness (QED) is 0.0252. The van der Waals surface area contributed by atoms with E-state index in [1.165, 1.54) is 17.2 Å². The number of hydrogen-bond donors (Lipinski definition) is 18. The summed E-state index contributed by atoms with van der Waals surface area (Å²) in [5, 5.41) is 118. The third-order valence-corrected chi connectivity index (χ3v) is 36.9. The molecule has 66 heteroatoms. The Morgan fingerprint density at radius 1 is 0.364 bits per heavy atom. The minimum atomic E-state index is -3.96. The van der Waals surface area contributed by atoms with Gasteiger partial charge in [-0.25, -0.2) is 0 Å². The highest BCUT2D eigenvalue weighted by Crippen LogP contribution is 2.51. The van der Waals surface area contributed by atoms with Crippen molar-refractivity contribution in [3.05, 3.63) is 0 Å². The summed E-state index contributed by atoms with van der Waals surface area (Å²) in [6, 6.07) is -0.220. The lowest BCUT2D eigenvalue weighted by atomic mass is 9.65. The molecule has 0 amide bonds. The van der Waals surface area contributed by atoms with Crippen molar-refractivity contribution in [2.24, 2.45) is 52.0 Å². The van der Waals surface area contributed by atoms with Gasteiger partial charge in [0.2, 0.25) is 0 Å². The number of likely N-dealkylation sites (N-methyl/N-ethyl adjacent to an activating group) is 1. The first-order chi connectivity index (χ1) is 66.5. The molecule has 13 aliphatic heterocycles. The average Bonchev–Trinajstić information content (AvgIpc) is 1.67. The minimum absolute atomic E-state index is 0.0144. The maximum absolute atomic E-state index is 13.2. The summed E-state index contributed by atoms with van der Waals surface area (Å²) in [5.41, 5.74) is 8.69. The number of piperidine rings is 1. The van der Waals surface area contributed by atoms with Crippen LogP contribution in [0.25, 0.3) is 0 Å². The van der Waals surface area contributed by atoms with Crippen molar-refractivity contribution in [2.75, 3.05) is 118 Å². The second kappa shape index (κ2) is 44.1. The van der Waals surface area contributed by atoms with Crippen LogP contribution in [0.4, 0.5) is 0 Å². The number of carboxylic acid groups (broad SMARTS) is 12. The van der Waals surface area contributed by atoms with E-state index >= 15 is 0 Å². The number of carboxylic acids is 12. The molecule has 143 heavy (non-hydrogen) atoms. The van der Waals surface area contributed by atoms with Crippen LogP contribution < -0.4 is 33.6 Å². The number of rotatable bonds is 46. The van der Waals surface area contributed by atoms with Gasteiger partial charge in [-0.2, -0.15) is 68.1 Å². The highest BCUT2D eigenvalue weighted by molar-refractivity contribution is 7.87. The van der Waals surface area contributed by atoms with Gasteiger partial charge in [0.15, 0.2) is 22.4 Å². The van der Waals surface area contributed by atoms with E-state index in [9.17, 15) is 131 Å². The number of hydrogen-bond acceptors (Lipinski definition) is 38. The maximum Gasteiger partial charge on any atom is 0.528 e. The van der Waals surface area contributed by atoms with Crippen molar-refractivity contribution < 1.29 is 209 Å². The smallest absolute Gasteiger partial charge is 0.507 e. The molecule has 2 spiro atoms. The molecule has 1 aliphatic carbocycles. The van der Waals surface area contributed by atoms with Gasteiger partial charge in [-0.05, 0) is 95.0 Å². The molecule has 58 nitrogen and oxygen atoms in total. The van der Waals surface area contributed by atoms with Crippen molar-refractivity contribution in [3.8, 4) is 0 Å². The summed E-state index contributed by atoms with van der Waals surface area (Å²) in [6.45, 7) is 4.08. The van der Waals surface area contributed by atoms with Gasteiger partial charge >= 0.3 is 124 Å². The standard InChI is InChI=1S/C20H30BN3O11S.C19H29BN4O11S.C19H31BN4O11S.C19H30BN3O11S/c22-20(16(29)30)12-23(36(32,33)24-10-18(11-24)4-2-5-18)9-13(20)3-1-6-21-34-17(31)19(35-21,7-14(25)26)8-15(27)28;21-19(15(29)30)11-23(36(32,33)24-9-17(10-24)3-5-22-17)8-12(19)2-1-4-20-34-16(31)18(35-20,6-13(25)26)7-14(27)28;1-2-24(13-8-22-9-13)36(32,33)23-10-12(19(21,11-23)16(29)30)4-3-5-20-34-17(31)18(35-20,6-14(25)26)7-15(27)28;21-19(16(28)29)12-23(35(31,32)22-7-2-1-3-8-22)11-13(19)5-4-6-20-33-17(30)18(34-20,9-14(24)25)10-15(26)27/h13H,1-12,22H2,(H,25,26)(H,27,28)(H,29,30);12,22H,1-11,21H2,(H,25,26)(H,27,28)(H,29,30);12-13,22H,2-11,21H2,1H3,(H,25,26)(H,27,28)(H,29,30);13H,1-12,21H2,(H,24,25)(H,26,27)(H,28,29)/t13-,20-;2*12-,19-;13-,19-/m0000/s1. The van der Waals surface area contributed by atoms with E-state index in [1.807, 2.05) is 0 Å². The van der Waals surface area contributed by atoms with Gasteiger partial charge < -0.3 is 132 Å². The lowest BCUT2D eigenvalue weighted by molar-refractivity contribution is -0.158. The van der Waals surface area contributed by atoms with E-state index in [1.54, 1.807) is 6.92 Å². The van der Waals surface area contributed by atoms with Crippen LogP contribution in [0.3, 0.4) is 0 Å². The molecule has 0 unspecified atom stereocenters. The Bertz CT molecular complexity index is 5150. The van der Waals surface area contributed by atoms with Crippen LogP contribution in [0.15, 0.2) is 0 Å². The number of carbonyl (C=O) groups excluding carboxylic acids is 4. The molecule has 0 aromatic rings. The molecule has 14 rings (SSSR count). The third kappa shape index (κ3) is 24.8. The molecular formula is C77H120B4N14O44S4. The zero-order valence-corrected chi connectivity index (χ0v) is 81.2. The minimum Gasteiger partial charge on any atom is -0.507 e. The molecule has 14 fully saturated rings. The SMILES string of the molecule is CCN(C1CNC1)S(=O)(=O)N1C[C@H](CCCB2OC(=O)C(CC(=O)O)(CC(=O)O)O2)[C@](N)(C(=O)O)C1.N[C@@]1(C(=O)O)CN(S(=O)(=O)N2CC3(CCC3)C2)C[C@@H]1CCCB1OC(=O)C(CC(=O)O)(CC(=O)O)O1.N[C@@]1(C(=O)O)CN(S(=O)(=O)N2CC3(CCN3)C2)C[C@@H]1CCCB1OC(=O)C(CC(=O)O)(CC(=O)O)O1.N[C@@]1(C(=O)O)CN(S(=O)(=O)N2CCCCC2)C[C@@H]1CCCB1OC(=O)C(CC(=O)O)(CC(=O)O)O1. The fraction of sp³-hybridized carbons (Fsp3) is 0.792. The molecule has 0 radical (unpaired) electrons. The van der Waals surface area contributed by atoms with Crippen LogP contribution >= 0.6 is 0 Å². The van der Waals surface area contributed by atoms with Crippen LogP contribution in [0.1, 0.15) is 155 Å². The zero-order chi connectivity index (χ0) is 106. The molecule has 798 valence electrons. The first kappa shape index (κ1) is 114. The summed E-state index contributed by atoms with van der Waals surface area (Å²) < 4.78 is 156. The Morgan fingerprint density at radius 3 is 0.846 bits per heavy atom. The monoisotopic (exact) mass is 2120 g/mol. The molecule has 13 saturated heterocycles. The largest absolute Gasteiger partial charge is 0.528 e. The summed E-state index contributed by atoms with van der Waals surface area (Å²) in [5.74, 6) is -24.1. The number of aliphatic carboxylic acids is 12. The summed E-state index contributed by atoms with van der Waals surface area (Å²) in [7, 11) is -20.4. The maximum atomic E-state index is 13.2. The number of nitrogens with two attached hydrogens (primary N) is 4. The summed E-state index contributed by atoms with van der Waals surface area (Å²) in [4.78, 5) is 186. The van der Waals surface area contributed by atoms with Gasteiger partial charge in [0.1, 0.15) is 22.2 Å². The van der Waals surface area contributed by atoms with Crippen LogP contribution in [-0.2, 0) is 155 Å². The molecule has 22 N–H and O–H groups in total. The number of nitrogens with one attached hydrogen (secondary N) is 2. The fourth-order valence-electron chi connectivity index (χ4n) is 20.8. The Kier molecular flexibility index (Phi) is 35.2. The van der Waals surface area contributed by atoms with E-state index in [0.717, 1.165) is 68.7 Å². The average molecular weight is 2120 g/mol. The van der Waals surface area contributed by atoms with Crippen molar-refractivity contribution in [2.45, 2.75) is 236 Å². The van der Waals surface area contributed by atoms with Gasteiger partial charge in [-0.3, -0.25) is 76.7 Å². The van der Waals surface area contributed by atoms with Crippen molar-refractivity contribution in [1.29, 1.82) is 0 Å². The Labute approximate surface area is 820 Å². The van der Waals surface area contributed by atoms with Gasteiger partial charge in [0.25, 0.3) is 40.8 Å². The van der Waals surface area contributed by atoms with Gasteiger partial charge in [0, 0.05) is 140 Å². The normalized spacial score (nSPS) is 28.3. The van der Waals surface area contributed by atoms with Gasteiger partial charge in [0.05, 0.1) is 57.4 Å². The van der Waals surface area contributed by atoms with E-state index < -0.39 is 291 Å². The molecule has 0 aromatic heterocycles. The number of carbonyl (C=O) groups is 16. The highest BCUT2D eigenvalue weighted by atomic mass is 32.2. The van der Waals surface area contributed by atoms with Crippen LogP contribution in [0, 0.1) is 29.1 Å². The van der Waals surface area contributed by atoms with Gasteiger partial charge in [-0.15, -0.1) is 0 Å². The first-order valence-corrected chi connectivity index (χ1v) is 51.9. The van der Waals surface area contributed by atoms with Crippen LogP contribution in [0.5, 0.6) is 0 Å². The Morgan fingerprint density at radius 2 is 0.622 bits per heavy atom. The molecule has 1 saturated carbocycles. The fourth-order valence-corrected chi connectivity index (χ4v) is 28.3. The van der Waals surface area contributed by atoms with Gasteiger partial charge in [-0.1, -0.05) is 45.4 Å². The van der Waals surface area contributed by atoms with Crippen molar-refractivity contribution in [3.63, 3.8) is 0 Å². The number of nitrogens with zero attached hydrogens (tertiary/aromatic N) is 8. The topological polar surface area (TPSA) is 880 Å². The zero-order valence-electron chi connectivity index (χ0n) is 78.0. The summed E-state index contributed by atoms with van der Waals surface area (Å²) >= 11 is 0. The molecule has 13 heterocycles. The predicted molar refractivity (Wildman–Crippen MR) is 480 cm³/mol. The Hall–Kier alpha value is -9.14. The second-order valence-electron chi connectivity index (χ2n) is 39.3. The molecule has 0 aromatic carbocycles. The second-order valence-corrected chi connectivity index (χ2v) is 46.9. The lowest BCUT2D eigenvalue weighted by Crippen LogP contribution is -2.77. The Balaban J connectivity index is 0.000000182. The predicted octanol–water partition coefficient (Wildman–Crippen LogP) is -6.79. The highest BCUT2D eigenvalue weighted by Gasteiger charge is 2.65. The molecule has 14 aliphatic rings. The third-order valence-electron chi connectivity index (χ3n) is 29.2. The first-order valence-electron chi connectivity index (χ1n) is 46.4. The van der Waals surface area contributed by atoms with E-state index in [4.69, 9.17) is 101 Å².